The molecule has 1 N–H and O–H groups in total. The maximum absolute atomic E-state index is 11.5. The van der Waals surface area contributed by atoms with E-state index in [9.17, 15) is 4.79 Å². The summed E-state index contributed by atoms with van der Waals surface area (Å²) < 4.78 is 0. The van der Waals surface area contributed by atoms with Gasteiger partial charge in [0, 0.05) is 6.42 Å². The summed E-state index contributed by atoms with van der Waals surface area (Å²) in [5.74, 6) is 0.943. The molecule has 1 aromatic carbocycles. The summed E-state index contributed by atoms with van der Waals surface area (Å²) in [6, 6.07) is 10.1. The number of nitrogens with zero attached hydrogens (tertiary/aromatic N) is 1. The third-order valence-electron chi connectivity index (χ3n) is 2.64. The summed E-state index contributed by atoms with van der Waals surface area (Å²) in [6.07, 6.45) is 0.499. The molecule has 17 heavy (non-hydrogen) atoms. The lowest BCUT2D eigenvalue weighted by Gasteiger charge is -2.17. The lowest BCUT2D eigenvalue weighted by atomic mass is 9.97. The number of benzene rings is 1. The van der Waals surface area contributed by atoms with E-state index in [2.05, 4.69) is 10.3 Å². The van der Waals surface area contributed by atoms with E-state index in [0.29, 0.717) is 6.42 Å². The van der Waals surface area contributed by atoms with Gasteiger partial charge in [0.2, 0.25) is 5.91 Å². The lowest BCUT2D eigenvalue weighted by Crippen LogP contribution is -2.26. The summed E-state index contributed by atoms with van der Waals surface area (Å²) >= 11 is 0. The number of hydrogen-bond donors (Lipinski definition) is 1. The van der Waals surface area contributed by atoms with Gasteiger partial charge in [0.15, 0.2) is 0 Å². The number of aliphatic imine (C=N–C) groups is 1. The first-order valence-electron chi connectivity index (χ1n) is 5.90. The summed E-state index contributed by atoms with van der Waals surface area (Å²) in [7, 11) is 0. The first-order chi connectivity index (χ1) is 7.96. The average Bonchev–Trinajstić information content (AvgIpc) is 2.58. The number of carbonyl (C=O) groups is 1. The van der Waals surface area contributed by atoms with Crippen LogP contribution in [0, 0.1) is 0 Å². The molecule has 0 bridgehead atoms. The molecule has 0 aromatic heterocycles. The Kier molecular flexibility index (Phi) is 3.01. The molecule has 0 saturated carbocycles. The standard InChI is InChI=1S/C14H18N2O/c1-14(2,3)16-13-11(9-12(17)15-13)10-7-5-4-6-8-10/h4-8,11H,9H2,1-3H3,(H,15,16,17). The molecule has 2 rings (SSSR count). The van der Waals surface area contributed by atoms with Crippen molar-refractivity contribution in [1.82, 2.24) is 5.32 Å². The fourth-order valence-electron chi connectivity index (χ4n) is 1.99. The molecule has 0 aliphatic carbocycles. The minimum absolute atomic E-state index is 0.0573. The van der Waals surface area contributed by atoms with Crippen LogP contribution < -0.4 is 5.32 Å². The van der Waals surface area contributed by atoms with Gasteiger partial charge < -0.3 is 5.32 Å². The molecular formula is C14H18N2O. The summed E-state index contributed by atoms with van der Waals surface area (Å²) in [6.45, 7) is 6.10. The monoisotopic (exact) mass is 230 g/mol. The minimum Gasteiger partial charge on any atom is -0.314 e. The maximum Gasteiger partial charge on any atom is 0.226 e. The third-order valence-corrected chi connectivity index (χ3v) is 2.64. The van der Waals surface area contributed by atoms with E-state index in [4.69, 9.17) is 0 Å². The van der Waals surface area contributed by atoms with Crippen molar-refractivity contribution in [3.8, 4) is 0 Å². The van der Waals surface area contributed by atoms with Crippen LogP contribution in [0.15, 0.2) is 35.3 Å². The molecule has 1 aliphatic rings. The molecule has 1 atom stereocenters. The van der Waals surface area contributed by atoms with Gasteiger partial charge in [-0.3, -0.25) is 9.79 Å². The molecule has 0 spiro atoms. The molecule has 1 aromatic rings. The molecule has 1 fully saturated rings. The molecule has 1 amide bonds. The minimum atomic E-state index is -0.167. The molecule has 90 valence electrons. The number of hydrogen-bond acceptors (Lipinski definition) is 2. The van der Waals surface area contributed by atoms with Gasteiger partial charge in [-0.25, -0.2) is 0 Å². The van der Waals surface area contributed by atoms with Crippen molar-refractivity contribution in [2.75, 3.05) is 0 Å². The van der Waals surface area contributed by atoms with Crippen LogP contribution in [0.1, 0.15) is 38.7 Å². The maximum atomic E-state index is 11.5. The van der Waals surface area contributed by atoms with E-state index >= 15 is 0 Å². The van der Waals surface area contributed by atoms with E-state index in [1.165, 1.54) is 0 Å². The smallest absolute Gasteiger partial charge is 0.226 e. The highest BCUT2D eigenvalue weighted by atomic mass is 16.2. The number of amides is 1. The highest BCUT2D eigenvalue weighted by Crippen LogP contribution is 2.26. The predicted octanol–water partition coefficient (Wildman–Crippen LogP) is 2.49. The molecule has 3 nitrogen and oxygen atoms in total. The van der Waals surface area contributed by atoms with Crippen LogP contribution in [0.25, 0.3) is 0 Å². The van der Waals surface area contributed by atoms with Crippen LogP contribution in [0.2, 0.25) is 0 Å². The molecule has 1 aliphatic heterocycles. The van der Waals surface area contributed by atoms with Gasteiger partial charge in [0.1, 0.15) is 5.84 Å². The fourth-order valence-corrected chi connectivity index (χ4v) is 1.99. The Morgan fingerprint density at radius 1 is 1.24 bits per heavy atom. The normalized spacial score (nSPS) is 22.9. The Labute approximate surface area is 102 Å². The molecule has 1 saturated heterocycles. The second-order valence-corrected chi connectivity index (χ2v) is 5.38. The first-order valence-corrected chi connectivity index (χ1v) is 5.90. The Morgan fingerprint density at radius 3 is 2.47 bits per heavy atom. The van der Waals surface area contributed by atoms with Crippen LogP contribution >= 0.6 is 0 Å². The number of nitrogens with one attached hydrogen (secondary N) is 1. The molecule has 3 heteroatoms. The number of carbonyl (C=O) groups excluding carboxylic acids is 1. The van der Waals surface area contributed by atoms with Crippen molar-refractivity contribution in [3.05, 3.63) is 35.9 Å². The van der Waals surface area contributed by atoms with Gasteiger partial charge in [-0.1, -0.05) is 30.3 Å². The number of amidine groups is 1. The average molecular weight is 230 g/mol. The summed E-state index contributed by atoms with van der Waals surface area (Å²) in [4.78, 5) is 16.1. The third kappa shape index (κ3) is 2.93. The van der Waals surface area contributed by atoms with Gasteiger partial charge >= 0.3 is 0 Å². The van der Waals surface area contributed by atoms with Crippen molar-refractivity contribution in [3.63, 3.8) is 0 Å². The van der Waals surface area contributed by atoms with Crippen molar-refractivity contribution < 1.29 is 4.79 Å². The van der Waals surface area contributed by atoms with Gasteiger partial charge in [0.05, 0.1) is 11.5 Å². The molecular weight excluding hydrogens is 212 g/mol. The summed E-state index contributed by atoms with van der Waals surface area (Å²) in [5, 5.41) is 2.87. The second-order valence-electron chi connectivity index (χ2n) is 5.38. The SMILES string of the molecule is CC(C)(C)N=C1NC(=O)CC1c1ccccc1. The van der Waals surface area contributed by atoms with Crippen molar-refractivity contribution in [2.45, 2.75) is 38.6 Å². The predicted molar refractivity (Wildman–Crippen MR) is 69.1 cm³/mol. The Balaban J connectivity index is 2.33. The Hall–Kier alpha value is -1.64. The fraction of sp³-hybridized carbons (Fsp3) is 0.429. The Morgan fingerprint density at radius 2 is 1.88 bits per heavy atom. The van der Waals surface area contributed by atoms with Crippen LogP contribution in [-0.2, 0) is 4.79 Å². The topological polar surface area (TPSA) is 41.5 Å². The van der Waals surface area contributed by atoms with Crippen LogP contribution in [-0.4, -0.2) is 17.3 Å². The molecule has 1 heterocycles. The first kappa shape index (κ1) is 11.8. The van der Waals surface area contributed by atoms with E-state index < -0.39 is 0 Å². The lowest BCUT2D eigenvalue weighted by molar-refractivity contribution is -0.118. The highest BCUT2D eigenvalue weighted by Gasteiger charge is 2.30. The van der Waals surface area contributed by atoms with Gasteiger partial charge in [-0.2, -0.15) is 0 Å². The van der Waals surface area contributed by atoms with Crippen LogP contribution in [0.5, 0.6) is 0 Å². The number of rotatable bonds is 1. The van der Waals surface area contributed by atoms with E-state index in [0.717, 1.165) is 11.4 Å². The van der Waals surface area contributed by atoms with Gasteiger partial charge in [0.25, 0.3) is 0 Å². The second kappa shape index (κ2) is 4.32. The van der Waals surface area contributed by atoms with E-state index in [-0.39, 0.29) is 17.4 Å². The van der Waals surface area contributed by atoms with Crippen molar-refractivity contribution in [2.24, 2.45) is 4.99 Å². The quantitative estimate of drug-likeness (QED) is 0.791. The largest absolute Gasteiger partial charge is 0.314 e. The van der Waals surface area contributed by atoms with Gasteiger partial charge in [-0.15, -0.1) is 0 Å². The zero-order valence-electron chi connectivity index (χ0n) is 10.5. The van der Waals surface area contributed by atoms with Crippen molar-refractivity contribution in [1.29, 1.82) is 0 Å². The van der Waals surface area contributed by atoms with Crippen molar-refractivity contribution >= 4 is 11.7 Å². The Bertz CT molecular complexity index is 443. The van der Waals surface area contributed by atoms with E-state index in [1.54, 1.807) is 0 Å². The molecule has 0 radical (unpaired) electrons. The molecule has 1 unspecified atom stereocenters. The van der Waals surface area contributed by atoms with Crippen LogP contribution in [0.3, 0.4) is 0 Å². The zero-order valence-corrected chi connectivity index (χ0v) is 10.5. The van der Waals surface area contributed by atoms with E-state index in [1.807, 2.05) is 51.1 Å². The summed E-state index contributed by atoms with van der Waals surface area (Å²) in [5.41, 5.74) is 0.980. The van der Waals surface area contributed by atoms with Gasteiger partial charge in [-0.05, 0) is 26.3 Å². The zero-order chi connectivity index (χ0) is 12.5. The highest BCUT2D eigenvalue weighted by molar-refractivity contribution is 6.09. The van der Waals surface area contributed by atoms with Crippen LogP contribution in [0.4, 0.5) is 0 Å².